The summed E-state index contributed by atoms with van der Waals surface area (Å²) in [7, 11) is 0. The molecular formula is C13H10BrNO4. The summed E-state index contributed by atoms with van der Waals surface area (Å²) in [6.07, 6.45) is 0. The number of aliphatic hydroxyl groups excluding tert-OH is 1. The number of halogens is 1. The third-order valence-electron chi connectivity index (χ3n) is 2.46. The Labute approximate surface area is 117 Å². The van der Waals surface area contributed by atoms with Crippen LogP contribution in [0, 0.1) is 10.1 Å². The highest BCUT2D eigenvalue weighted by atomic mass is 79.9. The van der Waals surface area contributed by atoms with Crippen molar-refractivity contribution in [1.29, 1.82) is 0 Å². The van der Waals surface area contributed by atoms with Gasteiger partial charge in [0.25, 0.3) is 5.69 Å². The van der Waals surface area contributed by atoms with E-state index in [1.54, 1.807) is 24.3 Å². The Balaban J connectivity index is 2.20. The largest absolute Gasteiger partial charge is 0.456 e. The first-order valence-corrected chi connectivity index (χ1v) is 6.21. The van der Waals surface area contributed by atoms with E-state index >= 15 is 0 Å². The summed E-state index contributed by atoms with van der Waals surface area (Å²) < 4.78 is 6.10. The molecule has 0 heterocycles. The highest BCUT2D eigenvalue weighted by Crippen LogP contribution is 2.32. The minimum atomic E-state index is -0.468. The van der Waals surface area contributed by atoms with Crippen LogP contribution >= 0.6 is 15.9 Å². The van der Waals surface area contributed by atoms with Gasteiger partial charge in [-0.2, -0.15) is 0 Å². The molecule has 0 aliphatic rings. The summed E-state index contributed by atoms with van der Waals surface area (Å²) in [6.45, 7) is -0.0263. The van der Waals surface area contributed by atoms with Crippen molar-refractivity contribution in [3.63, 3.8) is 0 Å². The van der Waals surface area contributed by atoms with Gasteiger partial charge in [-0.05, 0) is 39.7 Å². The van der Waals surface area contributed by atoms with Gasteiger partial charge < -0.3 is 9.84 Å². The van der Waals surface area contributed by atoms with Crippen molar-refractivity contribution < 1.29 is 14.8 Å². The molecule has 0 aromatic heterocycles. The van der Waals surface area contributed by atoms with Gasteiger partial charge in [-0.15, -0.1) is 0 Å². The molecule has 0 saturated heterocycles. The average Bonchev–Trinajstić information content (AvgIpc) is 2.41. The van der Waals surface area contributed by atoms with E-state index in [2.05, 4.69) is 15.9 Å². The third kappa shape index (κ3) is 3.30. The molecule has 0 amide bonds. The molecule has 0 atom stereocenters. The van der Waals surface area contributed by atoms with E-state index in [0.29, 0.717) is 16.0 Å². The zero-order valence-electron chi connectivity index (χ0n) is 9.75. The minimum absolute atomic E-state index is 0.00477. The number of hydrogen-bond acceptors (Lipinski definition) is 4. The molecule has 0 aliphatic carbocycles. The van der Waals surface area contributed by atoms with Crippen molar-refractivity contribution in [1.82, 2.24) is 0 Å². The van der Waals surface area contributed by atoms with Crippen LogP contribution in [0.5, 0.6) is 11.5 Å². The quantitative estimate of drug-likeness (QED) is 0.688. The van der Waals surface area contributed by atoms with Crippen molar-refractivity contribution >= 4 is 21.6 Å². The van der Waals surface area contributed by atoms with Crippen LogP contribution in [-0.4, -0.2) is 10.0 Å². The molecule has 5 nitrogen and oxygen atoms in total. The summed E-state index contributed by atoms with van der Waals surface area (Å²) in [5.74, 6) is 1.08. The van der Waals surface area contributed by atoms with E-state index in [4.69, 9.17) is 9.84 Å². The fourth-order valence-electron chi connectivity index (χ4n) is 1.48. The van der Waals surface area contributed by atoms with Crippen LogP contribution in [0.2, 0.25) is 0 Å². The summed E-state index contributed by atoms with van der Waals surface area (Å²) in [5.41, 5.74) is 0.782. The molecule has 2 rings (SSSR count). The molecule has 0 unspecified atom stereocenters. The maximum Gasteiger partial charge on any atom is 0.270 e. The lowest BCUT2D eigenvalue weighted by atomic mass is 10.2. The molecular weight excluding hydrogens is 314 g/mol. The van der Waals surface area contributed by atoms with Crippen LogP contribution in [-0.2, 0) is 6.61 Å². The van der Waals surface area contributed by atoms with Crippen molar-refractivity contribution in [3.8, 4) is 11.5 Å². The van der Waals surface area contributed by atoms with Gasteiger partial charge in [-0.3, -0.25) is 10.1 Å². The van der Waals surface area contributed by atoms with E-state index in [0.717, 1.165) is 5.56 Å². The first-order chi connectivity index (χ1) is 9.10. The molecule has 0 fully saturated rings. The summed E-state index contributed by atoms with van der Waals surface area (Å²) in [6, 6.07) is 11.2. The lowest BCUT2D eigenvalue weighted by molar-refractivity contribution is -0.384. The molecule has 2 aromatic rings. The smallest absolute Gasteiger partial charge is 0.270 e. The normalized spacial score (nSPS) is 10.2. The number of hydrogen-bond donors (Lipinski definition) is 1. The van der Waals surface area contributed by atoms with Crippen LogP contribution in [0.1, 0.15) is 5.56 Å². The van der Waals surface area contributed by atoms with E-state index < -0.39 is 4.92 Å². The second kappa shape index (κ2) is 5.81. The van der Waals surface area contributed by atoms with Crippen molar-refractivity contribution in [2.24, 2.45) is 0 Å². The van der Waals surface area contributed by atoms with Gasteiger partial charge in [0.15, 0.2) is 0 Å². The third-order valence-corrected chi connectivity index (χ3v) is 3.08. The predicted octanol–water partition coefficient (Wildman–Crippen LogP) is 3.64. The van der Waals surface area contributed by atoms with Crippen LogP contribution in [0.25, 0.3) is 0 Å². The second-order valence-electron chi connectivity index (χ2n) is 3.78. The molecule has 6 heteroatoms. The van der Waals surface area contributed by atoms with Crippen molar-refractivity contribution in [2.45, 2.75) is 6.61 Å². The van der Waals surface area contributed by atoms with Gasteiger partial charge >= 0.3 is 0 Å². The molecule has 1 N–H and O–H groups in total. The van der Waals surface area contributed by atoms with Crippen molar-refractivity contribution in [2.75, 3.05) is 0 Å². The maximum atomic E-state index is 10.6. The Morgan fingerprint density at radius 3 is 2.42 bits per heavy atom. The molecule has 0 saturated carbocycles. The van der Waals surface area contributed by atoms with Gasteiger partial charge in [-0.25, -0.2) is 0 Å². The zero-order valence-corrected chi connectivity index (χ0v) is 11.3. The number of nitrogens with zero attached hydrogens (tertiary/aromatic N) is 1. The first kappa shape index (κ1) is 13.5. The molecule has 0 radical (unpaired) electrons. The molecule has 0 spiro atoms. The van der Waals surface area contributed by atoms with Crippen LogP contribution < -0.4 is 4.74 Å². The Hall–Kier alpha value is -1.92. The van der Waals surface area contributed by atoms with Crippen LogP contribution in [0.3, 0.4) is 0 Å². The Morgan fingerprint density at radius 2 is 1.89 bits per heavy atom. The number of non-ortho nitro benzene ring substituents is 1. The maximum absolute atomic E-state index is 10.6. The molecule has 2 aromatic carbocycles. The second-order valence-corrected chi connectivity index (χ2v) is 4.63. The summed E-state index contributed by atoms with van der Waals surface area (Å²) in [4.78, 5) is 10.1. The monoisotopic (exact) mass is 323 g/mol. The highest BCUT2D eigenvalue weighted by molar-refractivity contribution is 9.10. The summed E-state index contributed by atoms with van der Waals surface area (Å²) in [5, 5.41) is 19.5. The van der Waals surface area contributed by atoms with E-state index in [1.807, 2.05) is 0 Å². The van der Waals surface area contributed by atoms with Gasteiger partial charge in [-0.1, -0.05) is 12.1 Å². The zero-order chi connectivity index (χ0) is 13.8. The average molecular weight is 324 g/mol. The minimum Gasteiger partial charge on any atom is -0.456 e. The number of rotatable bonds is 4. The van der Waals surface area contributed by atoms with Gasteiger partial charge in [0, 0.05) is 12.1 Å². The van der Waals surface area contributed by atoms with Gasteiger partial charge in [0.2, 0.25) is 0 Å². The SMILES string of the molecule is O=[N+]([O-])c1ccc(Oc2ccc(CO)cc2)c(Br)c1. The Morgan fingerprint density at radius 1 is 1.21 bits per heavy atom. The topological polar surface area (TPSA) is 72.6 Å². The van der Waals surface area contributed by atoms with E-state index in [1.165, 1.54) is 18.2 Å². The van der Waals surface area contributed by atoms with E-state index in [9.17, 15) is 10.1 Å². The van der Waals surface area contributed by atoms with Crippen LogP contribution in [0.15, 0.2) is 46.9 Å². The molecule has 0 bridgehead atoms. The summed E-state index contributed by atoms with van der Waals surface area (Å²) >= 11 is 3.23. The number of aliphatic hydroxyl groups is 1. The number of nitro benzene ring substituents is 1. The van der Waals surface area contributed by atoms with E-state index in [-0.39, 0.29) is 12.3 Å². The lowest BCUT2D eigenvalue weighted by Gasteiger charge is -2.08. The molecule has 98 valence electrons. The Kier molecular flexibility index (Phi) is 4.13. The molecule has 19 heavy (non-hydrogen) atoms. The van der Waals surface area contributed by atoms with Gasteiger partial charge in [0.1, 0.15) is 11.5 Å². The Bertz CT molecular complexity index is 598. The highest BCUT2D eigenvalue weighted by Gasteiger charge is 2.10. The lowest BCUT2D eigenvalue weighted by Crippen LogP contribution is -1.90. The fourth-order valence-corrected chi connectivity index (χ4v) is 1.92. The van der Waals surface area contributed by atoms with Gasteiger partial charge in [0.05, 0.1) is 16.0 Å². The van der Waals surface area contributed by atoms with Crippen LogP contribution in [0.4, 0.5) is 5.69 Å². The standard InChI is InChI=1S/C13H10BrNO4/c14-12-7-10(15(17)18)3-6-13(12)19-11-4-1-9(8-16)2-5-11/h1-7,16H,8H2. The first-order valence-electron chi connectivity index (χ1n) is 5.42. The number of benzene rings is 2. The van der Waals surface area contributed by atoms with Crippen molar-refractivity contribution in [3.05, 3.63) is 62.6 Å². The number of ether oxygens (including phenoxy) is 1. The number of nitro groups is 1. The fraction of sp³-hybridized carbons (Fsp3) is 0.0769. The predicted molar refractivity (Wildman–Crippen MR) is 73.2 cm³/mol. The molecule has 0 aliphatic heterocycles.